The van der Waals surface area contributed by atoms with E-state index in [0.29, 0.717) is 5.78 Å². The minimum atomic E-state index is 0.0299. The molecule has 0 aliphatic rings. The summed E-state index contributed by atoms with van der Waals surface area (Å²) in [6.07, 6.45) is 19.3. The van der Waals surface area contributed by atoms with Crippen LogP contribution in [0.15, 0.2) is 0 Å². The Labute approximate surface area is 133 Å². The summed E-state index contributed by atoms with van der Waals surface area (Å²) in [5, 5.41) is 0. The molecule has 0 aromatic heterocycles. The van der Waals surface area contributed by atoms with Gasteiger partial charge in [0.25, 0.3) is 0 Å². The zero-order valence-electron chi connectivity index (χ0n) is 14.8. The fourth-order valence-electron chi connectivity index (χ4n) is 2.75. The molecule has 0 saturated heterocycles. The molecule has 0 heterocycles. The summed E-state index contributed by atoms with van der Waals surface area (Å²) < 4.78 is 0. The lowest BCUT2D eigenvalue weighted by Gasteiger charge is -2.05. The van der Waals surface area contributed by atoms with Gasteiger partial charge in [-0.2, -0.15) is 0 Å². The normalized spacial score (nSPS) is 12.5. The molecule has 3 N–H and O–H groups in total. The predicted molar refractivity (Wildman–Crippen MR) is 92.3 cm³/mol. The highest BCUT2D eigenvalue weighted by Crippen LogP contribution is 2.13. The van der Waals surface area contributed by atoms with Gasteiger partial charge in [0.15, 0.2) is 5.78 Å². The summed E-state index contributed by atoms with van der Waals surface area (Å²) in [5.41, 5.74) is 3.89. The van der Waals surface area contributed by atoms with Gasteiger partial charge in [-0.1, -0.05) is 90.9 Å². The highest BCUT2D eigenvalue weighted by Gasteiger charge is 2.13. The molecule has 0 bridgehead atoms. The first-order valence-electron chi connectivity index (χ1n) is 9.58. The van der Waals surface area contributed by atoms with Gasteiger partial charge in [0.2, 0.25) is 0 Å². The number of quaternary nitrogens is 1. The van der Waals surface area contributed by atoms with Crippen LogP contribution in [0.5, 0.6) is 0 Å². The van der Waals surface area contributed by atoms with Crippen molar-refractivity contribution in [1.29, 1.82) is 0 Å². The second-order valence-electron chi connectivity index (χ2n) is 6.56. The Kier molecular flexibility index (Phi) is 15.7. The number of rotatable bonds is 16. The van der Waals surface area contributed by atoms with Crippen molar-refractivity contribution < 1.29 is 10.5 Å². The Morgan fingerprint density at radius 2 is 1.10 bits per heavy atom. The van der Waals surface area contributed by atoms with E-state index in [1.807, 2.05) is 6.92 Å². The molecular formula is C19H40NO+. The second kappa shape index (κ2) is 16.0. The molecule has 0 aromatic rings. The van der Waals surface area contributed by atoms with Crippen molar-refractivity contribution in [3.8, 4) is 0 Å². The molecule has 0 aromatic carbocycles. The highest BCUT2D eigenvalue weighted by atomic mass is 16.1. The van der Waals surface area contributed by atoms with Gasteiger partial charge in [0, 0.05) is 12.8 Å². The fraction of sp³-hybridized carbons (Fsp3) is 0.947. The quantitative estimate of drug-likeness (QED) is 0.398. The lowest BCUT2D eigenvalue weighted by molar-refractivity contribution is -0.403. The first-order valence-corrected chi connectivity index (χ1v) is 9.58. The van der Waals surface area contributed by atoms with Gasteiger partial charge in [0.05, 0.1) is 0 Å². The van der Waals surface area contributed by atoms with Crippen molar-refractivity contribution in [3.63, 3.8) is 0 Å². The number of hydrogen-bond donors (Lipinski definition) is 1. The van der Waals surface area contributed by atoms with Crippen LogP contribution in [0.25, 0.3) is 0 Å². The maximum Gasteiger partial charge on any atom is 0.189 e. The minimum absolute atomic E-state index is 0.0299. The third-order valence-electron chi connectivity index (χ3n) is 4.47. The van der Waals surface area contributed by atoms with Crippen molar-refractivity contribution >= 4 is 5.78 Å². The van der Waals surface area contributed by atoms with Crippen LogP contribution in [0.3, 0.4) is 0 Å². The summed E-state index contributed by atoms with van der Waals surface area (Å²) in [6, 6.07) is 0.0299. The molecule has 0 rings (SSSR count). The van der Waals surface area contributed by atoms with E-state index in [1.54, 1.807) is 0 Å². The molecule has 126 valence electrons. The molecule has 0 aliphatic carbocycles. The number of ketones is 1. The second-order valence-corrected chi connectivity index (χ2v) is 6.56. The molecule has 0 aliphatic heterocycles. The molecule has 0 unspecified atom stereocenters. The van der Waals surface area contributed by atoms with E-state index in [4.69, 9.17) is 0 Å². The van der Waals surface area contributed by atoms with Gasteiger partial charge in [-0.15, -0.1) is 0 Å². The van der Waals surface area contributed by atoms with E-state index in [0.717, 1.165) is 19.3 Å². The number of unbranched alkanes of at least 4 members (excludes halogenated alkanes) is 12. The van der Waals surface area contributed by atoms with Gasteiger partial charge in [-0.3, -0.25) is 4.79 Å². The van der Waals surface area contributed by atoms with Gasteiger partial charge in [0.1, 0.15) is 6.04 Å². The van der Waals surface area contributed by atoms with Crippen LogP contribution in [-0.4, -0.2) is 11.8 Å². The van der Waals surface area contributed by atoms with Crippen molar-refractivity contribution in [1.82, 2.24) is 0 Å². The van der Waals surface area contributed by atoms with Crippen molar-refractivity contribution in [2.75, 3.05) is 0 Å². The topological polar surface area (TPSA) is 44.7 Å². The van der Waals surface area contributed by atoms with E-state index in [9.17, 15) is 4.79 Å². The molecule has 0 radical (unpaired) electrons. The number of carbonyl (C=O) groups excluding carboxylic acids is 1. The Balaban J connectivity index is 3.11. The van der Waals surface area contributed by atoms with Crippen LogP contribution in [0.4, 0.5) is 0 Å². The first kappa shape index (κ1) is 20.6. The third kappa shape index (κ3) is 14.3. The van der Waals surface area contributed by atoms with E-state index in [1.165, 1.54) is 77.0 Å². The van der Waals surface area contributed by atoms with E-state index in [2.05, 4.69) is 12.7 Å². The SMILES string of the molecule is CCCCCCCCCCCCCCCC(=O)[C@@H]([NH3+])CC. The maximum absolute atomic E-state index is 11.6. The molecule has 0 saturated carbocycles. The van der Waals surface area contributed by atoms with Crippen molar-refractivity contribution in [3.05, 3.63) is 0 Å². The minimum Gasteiger partial charge on any atom is -0.349 e. The maximum atomic E-state index is 11.6. The molecular weight excluding hydrogens is 258 g/mol. The molecule has 0 amide bonds. The lowest BCUT2D eigenvalue weighted by atomic mass is 10.0. The van der Waals surface area contributed by atoms with E-state index >= 15 is 0 Å². The van der Waals surface area contributed by atoms with Crippen LogP contribution in [0.2, 0.25) is 0 Å². The lowest BCUT2D eigenvalue weighted by Crippen LogP contribution is -2.64. The summed E-state index contributed by atoms with van der Waals surface area (Å²) in [7, 11) is 0. The third-order valence-corrected chi connectivity index (χ3v) is 4.47. The standard InChI is InChI=1S/C19H39NO/c1-3-5-6-7-8-9-10-11-12-13-14-15-16-17-19(21)18(20)4-2/h18H,3-17,20H2,1-2H3/p+1/t18-/m0/s1. The summed E-state index contributed by atoms with van der Waals surface area (Å²) in [5.74, 6) is 0.362. The largest absolute Gasteiger partial charge is 0.349 e. The Hall–Kier alpha value is -0.370. The fourth-order valence-corrected chi connectivity index (χ4v) is 2.75. The Bertz CT molecular complexity index is 228. The Morgan fingerprint density at radius 3 is 1.48 bits per heavy atom. The van der Waals surface area contributed by atoms with Crippen LogP contribution >= 0.6 is 0 Å². The van der Waals surface area contributed by atoms with E-state index in [-0.39, 0.29) is 6.04 Å². The highest BCUT2D eigenvalue weighted by molar-refractivity contribution is 5.82. The Morgan fingerprint density at radius 1 is 0.714 bits per heavy atom. The molecule has 0 fully saturated rings. The summed E-state index contributed by atoms with van der Waals surface area (Å²) in [6.45, 7) is 4.32. The van der Waals surface area contributed by atoms with Crippen LogP contribution in [0.1, 0.15) is 110 Å². The number of carbonyl (C=O) groups is 1. The van der Waals surface area contributed by atoms with E-state index < -0.39 is 0 Å². The molecule has 2 heteroatoms. The summed E-state index contributed by atoms with van der Waals surface area (Å²) in [4.78, 5) is 11.6. The zero-order valence-corrected chi connectivity index (χ0v) is 14.8. The smallest absolute Gasteiger partial charge is 0.189 e. The molecule has 0 spiro atoms. The van der Waals surface area contributed by atoms with Gasteiger partial charge in [-0.25, -0.2) is 0 Å². The predicted octanol–water partition coefficient (Wildman–Crippen LogP) is 5.06. The van der Waals surface area contributed by atoms with Crippen molar-refractivity contribution in [2.45, 2.75) is 116 Å². The van der Waals surface area contributed by atoms with Crippen LogP contribution < -0.4 is 5.73 Å². The van der Waals surface area contributed by atoms with Crippen LogP contribution in [0, 0.1) is 0 Å². The van der Waals surface area contributed by atoms with Gasteiger partial charge in [-0.05, 0) is 6.42 Å². The average Bonchev–Trinajstić information content (AvgIpc) is 2.50. The van der Waals surface area contributed by atoms with Crippen molar-refractivity contribution in [2.24, 2.45) is 0 Å². The number of hydrogen-bond acceptors (Lipinski definition) is 1. The summed E-state index contributed by atoms with van der Waals surface area (Å²) >= 11 is 0. The van der Waals surface area contributed by atoms with Gasteiger partial charge >= 0.3 is 0 Å². The zero-order chi connectivity index (χ0) is 15.8. The monoisotopic (exact) mass is 298 g/mol. The molecule has 21 heavy (non-hydrogen) atoms. The molecule has 1 atom stereocenters. The number of Topliss-reactive ketones (excluding diaryl/α,β-unsaturated/α-hetero) is 1. The average molecular weight is 299 g/mol. The van der Waals surface area contributed by atoms with Crippen LogP contribution in [-0.2, 0) is 4.79 Å². The molecule has 2 nitrogen and oxygen atoms in total. The first-order chi connectivity index (χ1) is 10.2. The van der Waals surface area contributed by atoms with Gasteiger partial charge < -0.3 is 5.73 Å².